The summed E-state index contributed by atoms with van der Waals surface area (Å²) in [7, 11) is 0. The molecule has 8 heteroatoms. The standard InChI is InChI=1S/C25H23ClN4O3/c1-16(2)23-21(15-28-30(23)20-10-8-18(26)9-11-20)24(31)27-14-17-5-3-6-19(13-17)29-25(32)22-7-4-12-33-22/h3-13,15-16H,14H2,1-2H3,(H,27,31)(H,29,32). The van der Waals surface area contributed by atoms with Gasteiger partial charge in [-0.3, -0.25) is 9.59 Å². The van der Waals surface area contributed by atoms with Crippen molar-refractivity contribution in [3.63, 3.8) is 0 Å². The number of nitrogens with one attached hydrogen (secondary N) is 2. The van der Waals surface area contributed by atoms with Crippen molar-refractivity contribution in [3.8, 4) is 5.69 Å². The Balaban J connectivity index is 1.47. The molecular weight excluding hydrogens is 440 g/mol. The Hall–Kier alpha value is -3.84. The maximum absolute atomic E-state index is 13.0. The number of nitrogens with zero attached hydrogens (tertiary/aromatic N) is 2. The summed E-state index contributed by atoms with van der Waals surface area (Å²) in [5.74, 6) is -0.252. The third-order valence-electron chi connectivity index (χ3n) is 5.05. The van der Waals surface area contributed by atoms with E-state index in [9.17, 15) is 9.59 Å². The van der Waals surface area contributed by atoms with E-state index in [-0.39, 0.29) is 23.5 Å². The van der Waals surface area contributed by atoms with E-state index in [0.29, 0.717) is 22.8 Å². The molecule has 0 saturated heterocycles. The predicted octanol–water partition coefficient (Wildman–Crippen LogP) is 5.42. The highest BCUT2D eigenvalue weighted by atomic mass is 35.5. The molecule has 2 aromatic carbocycles. The first-order valence-electron chi connectivity index (χ1n) is 10.5. The van der Waals surface area contributed by atoms with E-state index in [1.807, 2.05) is 44.2 Å². The lowest BCUT2D eigenvalue weighted by Gasteiger charge is -2.13. The smallest absolute Gasteiger partial charge is 0.291 e. The number of anilines is 1. The number of carbonyl (C=O) groups excluding carboxylic acids is 2. The lowest BCUT2D eigenvalue weighted by molar-refractivity contribution is 0.0948. The number of benzene rings is 2. The van der Waals surface area contributed by atoms with Crippen molar-refractivity contribution < 1.29 is 14.0 Å². The summed E-state index contributed by atoms with van der Waals surface area (Å²) in [6, 6.07) is 17.8. The Kier molecular flexibility index (Phi) is 6.60. The largest absolute Gasteiger partial charge is 0.459 e. The zero-order chi connectivity index (χ0) is 23.4. The van der Waals surface area contributed by atoms with Gasteiger partial charge in [-0.25, -0.2) is 4.68 Å². The first-order chi connectivity index (χ1) is 15.9. The molecule has 33 heavy (non-hydrogen) atoms. The number of hydrogen-bond donors (Lipinski definition) is 2. The second-order valence-electron chi connectivity index (χ2n) is 7.80. The highest BCUT2D eigenvalue weighted by Crippen LogP contribution is 2.24. The second kappa shape index (κ2) is 9.75. The van der Waals surface area contributed by atoms with Gasteiger partial charge in [0.2, 0.25) is 0 Å². The average molecular weight is 463 g/mol. The van der Waals surface area contributed by atoms with Crippen molar-refractivity contribution in [2.24, 2.45) is 0 Å². The van der Waals surface area contributed by atoms with E-state index in [0.717, 1.165) is 16.9 Å². The van der Waals surface area contributed by atoms with Crippen LogP contribution in [0, 0.1) is 0 Å². The van der Waals surface area contributed by atoms with Crippen molar-refractivity contribution in [3.05, 3.63) is 101 Å². The zero-order valence-electron chi connectivity index (χ0n) is 18.2. The van der Waals surface area contributed by atoms with Gasteiger partial charge in [-0.2, -0.15) is 5.10 Å². The van der Waals surface area contributed by atoms with Crippen molar-refractivity contribution in [1.82, 2.24) is 15.1 Å². The number of halogens is 1. The molecule has 4 rings (SSSR count). The maximum atomic E-state index is 13.0. The highest BCUT2D eigenvalue weighted by Gasteiger charge is 2.21. The Morgan fingerprint density at radius 1 is 1.06 bits per heavy atom. The normalized spacial score (nSPS) is 10.9. The van der Waals surface area contributed by atoms with Crippen LogP contribution < -0.4 is 10.6 Å². The number of furan rings is 1. The number of hydrogen-bond acceptors (Lipinski definition) is 4. The van der Waals surface area contributed by atoms with Gasteiger partial charge in [0.25, 0.3) is 11.8 Å². The maximum Gasteiger partial charge on any atom is 0.291 e. The number of aromatic nitrogens is 2. The molecule has 0 bridgehead atoms. The first kappa shape index (κ1) is 22.4. The number of rotatable bonds is 7. The minimum absolute atomic E-state index is 0.0732. The molecule has 2 amide bonds. The Bertz CT molecular complexity index is 1260. The Morgan fingerprint density at radius 2 is 1.85 bits per heavy atom. The van der Waals surface area contributed by atoms with Crippen LogP contribution in [-0.4, -0.2) is 21.6 Å². The van der Waals surface area contributed by atoms with Gasteiger partial charge in [0.05, 0.1) is 29.4 Å². The van der Waals surface area contributed by atoms with E-state index in [1.54, 1.807) is 41.2 Å². The van der Waals surface area contributed by atoms with Gasteiger partial charge >= 0.3 is 0 Å². The van der Waals surface area contributed by atoms with Crippen LogP contribution >= 0.6 is 11.6 Å². The van der Waals surface area contributed by atoms with Crippen LogP contribution in [0.3, 0.4) is 0 Å². The summed E-state index contributed by atoms with van der Waals surface area (Å²) in [6.45, 7) is 4.34. The molecular formula is C25H23ClN4O3. The molecule has 0 atom stereocenters. The van der Waals surface area contributed by atoms with Crippen LogP contribution in [0.1, 0.15) is 51.9 Å². The summed E-state index contributed by atoms with van der Waals surface area (Å²) < 4.78 is 6.88. The summed E-state index contributed by atoms with van der Waals surface area (Å²) in [4.78, 5) is 25.2. The van der Waals surface area contributed by atoms with Crippen LogP contribution in [0.15, 0.2) is 77.5 Å². The fourth-order valence-corrected chi connectivity index (χ4v) is 3.64. The quantitative estimate of drug-likeness (QED) is 0.383. The molecule has 0 unspecified atom stereocenters. The van der Waals surface area contributed by atoms with Crippen molar-refractivity contribution in [2.75, 3.05) is 5.32 Å². The molecule has 2 N–H and O–H groups in total. The molecule has 0 aliphatic carbocycles. The van der Waals surface area contributed by atoms with E-state index < -0.39 is 0 Å². The van der Waals surface area contributed by atoms with E-state index in [4.69, 9.17) is 16.0 Å². The fraction of sp³-hybridized carbons (Fsp3) is 0.160. The minimum Gasteiger partial charge on any atom is -0.459 e. The van der Waals surface area contributed by atoms with Gasteiger partial charge in [0.15, 0.2) is 5.76 Å². The van der Waals surface area contributed by atoms with Crippen LogP contribution in [0.4, 0.5) is 5.69 Å². The van der Waals surface area contributed by atoms with Gasteiger partial charge in [-0.1, -0.05) is 37.6 Å². The van der Waals surface area contributed by atoms with Gasteiger partial charge in [-0.05, 0) is 60.0 Å². The monoisotopic (exact) mass is 462 g/mol. The van der Waals surface area contributed by atoms with Gasteiger partial charge < -0.3 is 15.1 Å². The molecule has 4 aromatic rings. The summed E-state index contributed by atoms with van der Waals surface area (Å²) in [6.07, 6.45) is 3.03. The Morgan fingerprint density at radius 3 is 2.55 bits per heavy atom. The fourth-order valence-electron chi connectivity index (χ4n) is 3.51. The lowest BCUT2D eigenvalue weighted by atomic mass is 10.0. The van der Waals surface area contributed by atoms with E-state index in [1.165, 1.54) is 6.26 Å². The molecule has 2 aromatic heterocycles. The average Bonchev–Trinajstić information content (AvgIpc) is 3.49. The highest BCUT2D eigenvalue weighted by molar-refractivity contribution is 6.30. The van der Waals surface area contributed by atoms with Gasteiger partial charge in [0.1, 0.15) is 0 Å². The third kappa shape index (κ3) is 5.15. The molecule has 0 aliphatic rings. The molecule has 168 valence electrons. The summed E-state index contributed by atoms with van der Waals surface area (Å²) >= 11 is 6.00. The van der Waals surface area contributed by atoms with Crippen molar-refractivity contribution >= 4 is 29.1 Å². The summed E-state index contributed by atoms with van der Waals surface area (Å²) in [5, 5.41) is 10.8. The predicted molar refractivity (Wildman–Crippen MR) is 127 cm³/mol. The SMILES string of the molecule is CC(C)c1c(C(=O)NCc2cccc(NC(=O)c3ccco3)c2)cnn1-c1ccc(Cl)cc1. The molecule has 2 heterocycles. The van der Waals surface area contributed by atoms with Crippen LogP contribution in [-0.2, 0) is 6.54 Å². The second-order valence-corrected chi connectivity index (χ2v) is 8.24. The number of carbonyl (C=O) groups is 2. The van der Waals surface area contributed by atoms with E-state index in [2.05, 4.69) is 15.7 Å². The Labute approximate surface area is 196 Å². The van der Waals surface area contributed by atoms with Gasteiger partial charge in [-0.15, -0.1) is 0 Å². The first-order valence-corrected chi connectivity index (χ1v) is 10.9. The van der Waals surface area contributed by atoms with Crippen LogP contribution in [0.25, 0.3) is 5.69 Å². The minimum atomic E-state index is -0.336. The molecule has 7 nitrogen and oxygen atoms in total. The molecule has 0 radical (unpaired) electrons. The van der Waals surface area contributed by atoms with Crippen molar-refractivity contribution in [1.29, 1.82) is 0 Å². The summed E-state index contributed by atoms with van der Waals surface area (Å²) in [5.41, 5.74) is 3.62. The topological polar surface area (TPSA) is 89.2 Å². The lowest BCUT2D eigenvalue weighted by Crippen LogP contribution is -2.24. The van der Waals surface area contributed by atoms with Gasteiger partial charge in [0, 0.05) is 17.3 Å². The molecule has 0 aliphatic heterocycles. The molecule has 0 saturated carbocycles. The number of amides is 2. The van der Waals surface area contributed by atoms with Crippen LogP contribution in [0.5, 0.6) is 0 Å². The van der Waals surface area contributed by atoms with Crippen molar-refractivity contribution in [2.45, 2.75) is 26.3 Å². The van der Waals surface area contributed by atoms with E-state index >= 15 is 0 Å². The third-order valence-corrected chi connectivity index (χ3v) is 5.30. The zero-order valence-corrected chi connectivity index (χ0v) is 19.0. The molecule has 0 spiro atoms. The molecule has 0 fully saturated rings. The van der Waals surface area contributed by atoms with Crippen LogP contribution in [0.2, 0.25) is 5.02 Å².